The molecule has 0 unspecified atom stereocenters. The lowest BCUT2D eigenvalue weighted by Crippen LogP contribution is -2.58. The Bertz CT molecular complexity index is 3040. The Morgan fingerprint density at radius 1 is 0.790 bits per heavy atom. The van der Waals surface area contributed by atoms with Crippen molar-refractivity contribution in [2.75, 3.05) is 28.4 Å². The van der Waals surface area contributed by atoms with Gasteiger partial charge in [0.2, 0.25) is 5.75 Å². The van der Waals surface area contributed by atoms with E-state index < -0.39 is 40.2 Å². The van der Waals surface area contributed by atoms with Crippen LogP contribution in [0.15, 0.2) is 117 Å². The molecular formula is C47H43N5O10. The summed E-state index contributed by atoms with van der Waals surface area (Å²) in [6, 6.07) is 23.8. The van der Waals surface area contributed by atoms with Gasteiger partial charge >= 0.3 is 11.4 Å². The number of fused-ring (bicyclic) bond motifs is 5. The average Bonchev–Trinajstić information content (AvgIpc) is 3.55. The Kier molecular flexibility index (Phi) is 9.84. The number of aryl methyl sites for hydroxylation is 2. The highest BCUT2D eigenvalue weighted by molar-refractivity contribution is 6.31. The van der Waals surface area contributed by atoms with E-state index in [2.05, 4.69) is 4.98 Å². The van der Waals surface area contributed by atoms with Gasteiger partial charge in [-0.15, -0.1) is 0 Å². The fraction of sp³-hybridized carbons (Fsp3) is 0.277. The van der Waals surface area contributed by atoms with E-state index in [-0.39, 0.29) is 66.0 Å². The number of ketones is 2. The van der Waals surface area contributed by atoms with E-state index in [1.165, 1.54) is 48.4 Å². The number of carbonyl (C=O) groups excluding carboxylic acids is 2. The van der Waals surface area contributed by atoms with Crippen molar-refractivity contribution in [3.63, 3.8) is 0 Å². The summed E-state index contributed by atoms with van der Waals surface area (Å²) in [6.45, 7) is -0.199. The number of allylic oxidation sites excluding steroid dienone is 4. The van der Waals surface area contributed by atoms with Crippen molar-refractivity contribution < 1.29 is 33.6 Å². The number of rotatable bonds is 10. The van der Waals surface area contributed by atoms with Gasteiger partial charge in [0.15, 0.2) is 34.6 Å². The van der Waals surface area contributed by atoms with Crippen molar-refractivity contribution in [1.82, 2.24) is 23.5 Å². The van der Waals surface area contributed by atoms with Gasteiger partial charge in [-0.25, -0.2) is 28.5 Å². The van der Waals surface area contributed by atoms with Crippen molar-refractivity contribution in [3.05, 3.63) is 156 Å². The van der Waals surface area contributed by atoms with Crippen molar-refractivity contribution in [2.24, 2.45) is 13.0 Å². The van der Waals surface area contributed by atoms with Gasteiger partial charge in [-0.05, 0) is 46.9 Å². The van der Waals surface area contributed by atoms with E-state index in [9.17, 15) is 19.5 Å². The molecule has 4 atom stereocenters. The van der Waals surface area contributed by atoms with E-state index in [0.717, 1.165) is 4.57 Å². The first kappa shape index (κ1) is 40.0. The fourth-order valence-electron chi connectivity index (χ4n) is 9.92. The van der Waals surface area contributed by atoms with E-state index in [1.54, 1.807) is 55.6 Å². The third kappa shape index (κ3) is 5.85. The number of phenols is 1. The number of carbonyl (C=O) groups is 2. The Hall–Kier alpha value is -7.42. The van der Waals surface area contributed by atoms with Gasteiger partial charge < -0.3 is 28.6 Å². The first-order valence-electron chi connectivity index (χ1n) is 20.1. The van der Waals surface area contributed by atoms with Crippen LogP contribution in [0.25, 0.3) is 16.6 Å². The summed E-state index contributed by atoms with van der Waals surface area (Å²) in [5.41, 5.74) is 0.471. The number of aromatic hydroxyl groups is 1. The van der Waals surface area contributed by atoms with Gasteiger partial charge in [0.05, 0.1) is 57.5 Å². The minimum absolute atomic E-state index is 0.000242. The molecule has 6 aromatic rings. The molecule has 1 saturated carbocycles. The summed E-state index contributed by atoms with van der Waals surface area (Å²) in [5, 5.41) is 11.1. The fourth-order valence-corrected chi connectivity index (χ4v) is 9.92. The molecule has 1 aliphatic heterocycles. The Morgan fingerprint density at radius 3 is 2.06 bits per heavy atom. The molecule has 3 heterocycles. The number of benzene rings is 4. The number of hydrogen-bond acceptors (Lipinski definition) is 11. The molecule has 62 heavy (non-hydrogen) atoms. The lowest BCUT2D eigenvalue weighted by molar-refractivity contribution is -0.133. The maximum atomic E-state index is 15.4. The second-order valence-corrected chi connectivity index (χ2v) is 15.6. The number of ether oxygens (including phenoxy) is 4. The van der Waals surface area contributed by atoms with Gasteiger partial charge in [0.25, 0.3) is 5.56 Å². The molecule has 1 N–H and O–H groups in total. The predicted octanol–water partition coefficient (Wildman–Crippen LogP) is 4.50. The number of methoxy groups -OCH3 is 4. The molecule has 2 aliphatic carbocycles. The quantitative estimate of drug-likeness (QED) is 0.193. The second-order valence-electron chi connectivity index (χ2n) is 15.6. The molecule has 0 bridgehead atoms. The standard InChI is InChI=1S/C47H43N5O10/c1-49-35-25-37(60-3)36(59-2)24-33(35)48-32(44(49)56)17-18-50-45(57)51-19-16-29-34(52(51)46(50)58)23-31-42(54)30(26-12-8-6-9-13-26)22-40(53)47(31,28-14-10-7-11-15-28)41(29)27-20-38(61-4)43(55)39(21-27)62-5/h6-16,20-22,24-25,31,34,41,55H,17-19,23H2,1-5H3/t31-,34+,41-,47-/m0/s1. The van der Waals surface area contributed by atoms with Crippen LogP contribution < -0.4 is 35.9 Å². The summed E-state index contributed by atoms with van der Waals surface area (Å²) in [6.07, 6.45) is 3.24. The van der Waals surface area contributed by atoms with Crippen LogP contribution in [-0.4, -0.2) is 68.6 Å². The highest BCUT2D eigenvalue weighted by atomic mass is 16.5. The number of hydrogen-bond donors (Lipinski definition) is 1. The van der Waals surface area contributed by atoms with Crippen LogP contribution in [-0.2, 0) is 41.6 Å². The topological polar surface area (TPSA) is 175 Å². The summed E-state index contributed by atoms with van der Waals surface area (Å²) < 4.78 is 27.4. The molecule has 0 spiro atoms. The van der Waals surface area contributed by atoms with E-state index in [1.807, 2.05) is 42.5 Å². The Morgan fingerprint density at radius 2 is 1.42 bits per heavy atom. The molecule has 3 aliphatic rings. The largest absolute Gasteiger partial charge is 0.502 e. The zero-order chi connectivity index (χ0) is 43.6. The van der Waals surface area contributed by atoms with Gasteiger partial charge in [-0.1, -0.05) is 66.7 Å². The average molecular weight is 838 g/mol. The number of nitrogens with zero attached hydrogens (tertiary/aromatic N) is 5. The van der Waals surface area contributed by atoms with Crippen molar-refractivity contribution in [1.29, 1.82) is 0 Å². The molecule has 1 fully saturated rings. The third-order valence-electron chi connectivity index (χ3n) is 12.8. The summed E-state index contributed by atoms with van der Waals surface area (Å²) >= 11 is 0. The summed E-state index contributed by atoms with van der Waals surface area (Å²) in [4.78, 5) is 77.9. The monoisotopic (exact) mass is 837 g/mol. The van der Waals surface area contributed by atoms with Crippen molar-refractivity contribution in [3.8, 4) is 28.7 Å². The minimum atomic E-state index is -1.53. The van der Waals surface area contributed by atoms with Crippen LogP contribution in [0, 0.1) is 5.92 Å². The number of Topliss-reactive ketones (excluding diaryl/α,β-unsaturated/α-hetero) is 1. The van der Waals surface area contributed by atoms with Crippen LogP contribution in [0.5, 0.6) is 28.7 Å². The third-order valence-corrected chi connectivity index (χ3v) is 12.8. The molecule has 4 aromatic carbocycles. The highest BCUT2D eigenvalue weighted by Crippen LogP contribution is 2.62. The Labute approximate surface area is 354 Å². The number of phenolic OH excluding ortho intramolecular Hbond substituents is 1. The summed E-state index contributed by atoms with van der Waals surface area (Å²) in [5.74, 6) is -1.78. The Balaban J connectivity index is 1.21. The zero-order valence-corrected chi connectivity index (χ0v) is 34.7. The van der Waals surface area contributed by atoms with Crippen LogP contribution in [0.4, 0.5) is 0 Å². The maximum Gasteiger partial charge on any atom is 0.347 e. The molecule has 15 nitrogen and oxygen atoms in total. The van der Waals surface area contributed by atoms with Crippen molar-refractivity contribution in [2.45, 2.75) is 43.3 Å². The van der Waals surface area contributed by atoms with E-state index in [0.29, 0.717) is 44.8 Å². The summed E-state index contributed by atoms with van der Waals surface area (Å²) in [7, 11) is 7.41. The minimum Gasteiger partial charge on any atom is -0.502 e. The maximum absolute atomic E-state index is 15.4. The van der Waals surface area contributed by atoms with Gasteiger partial charge in [0, 0.05) is 49.6 Å². The lowest BCUT2D eigenvalue weighted by Gasteiger charge is -2.54. The number of aromatic nitrogens is 5. The molecule has 15 heteroatoms. The molecule has 0 radical (unpaired) electrons. The van der Waals surface area contributed by atoms with Gasteiger partial charge in [-0.2, -0.15) is 0 Å². The van der Waals surface area contributed by atoms with Crippen LogP contribution in [0.1, 0.15) is 40.8 Å². The van der Waals surface area contributed by atoms with Crippen LogP contribution in [0.3, 0.4) is 0 Å². The highest BCUT2D eigenvalue weighted by Gasteiger charge is 2.63. The normalized spacial score (nSPS) is 20.4. The molecule has 0 amide bonds. The molecule has 0 saturated heterocycles. The first-order chi connectivity index (χ1) is 30.0. The first-order valence-corrected chi connectivity index (χ1v) is 20.1. The molecular weight excluding hydrogens is 795 g/mol. The predicted molar refractivity (Wildman–Crippen MR) is 228 cm³/mol. The SMILES string of the molecule is COc1cc2nc(CCn3c(=O)n4n(c3=O)[C@@H]3C[C@H]5C(=O)C(c6ccccc6)=CC(=O)[C@@]5(c5ccccc5)[C@@H](c5cc(OC)c(O)c(OC)c5)C3=CC4)c(=O)n(C)c2cc1OC. The van der Waals surface area contributed by atoms with E-state index in [4.69, 9.17) is 18.9 Å². The van der Waals surface area contributed by atoms with Crippen LogP contribution in [0.2, 0.25) is 0 Å². The van der Waals surface area contributed by atoms with Crippen LogP contribution >= 0.6 is 0 Å². The van der Waals surface area contributed by atoms with Gasteiger partial charge in [-0.3, -0.25) is 14.4 Å². The van der Waals surface area contributed by atoms with Gasteiger partial charge in [0.1, 0.15) is 5.69 Å². The molecule has 9 rings (SSSR count). The van der Waals surface area contributed by atoms with E-state index >= 15 is 9.59 Å². The molecule has 2 aromatic heterocycles. The lowest BCUT2D eigenvalue weighted by atomic mass is 9.47. The second kappa shape index (κ2) is 15.2. The van der Waals surface area contributed by atoms with Crippen molar-refractivity contribution >= 4 is 28.2 Å². The molecule has 316 valence electrons. The smallest absolute Gasteiger partial charge is 0.347 e. The zero-order valence-electron chi connectivity index (χ0n) is 34.7.